The van der Waals surface area contributed by atoms with Crippen molar-refractivity contribution in [1.29, 1.82) is 0 Å². The highest BCUT2D eigenvalue weighted by molar-refractivity contribution is 5.54. The molecule has 0 rings (SSSR count). The number of hydrogen-bond donors (Lipinski definition) is 0. The summed E-state index contributed by atoms with van der Waals surface area (Å²) >= 11 is 0. The number of nitrogens with zero attached hydrogens (tertiary/aromatic N) is 2. The minimum atomic E-state index is 0.883. The maximum atomic E-state index is 3.88. The van der Waals surface area contributed by atoms with Gasteiger partial charge in [-0.1, -0.05) is 6.08 Å². The zero-order valence-electron chi connectivity index (χ0n) is 6.17. The third-order valence-corrected chi connectivity index (χ3v) is 1.05. The van der Waals surface area contributed by atoms with Gasteiger partial charge in [0, 0.05) is 20.1 Å². The first-order chi connectivity index (χ1) is 4.35. The summed E-state index contributed by atoms with van der Waals surface area (Å²) in [6.45, 7) is 7.59. The molecule has 0 bridgehead atoms. The van der Waals surface area contributed by atoms with Crippen molar-refractivity contribution in [3.63, 3.8) is 0 Å². The molecule has 0 aromatic heterocycles. The smallest absolute Gasteiger partial charge is 0.0849 e. The van der Waals surface area contributed by atoms with E-state index >= 15 is 0 Å². The van der Waals surface area contributed by atoms with Crippen LogP contribution in [0, 0.1) is 0 Å². The first-order valence-electron chi connectivity index (χ1n) is 3.12. The summed E-state index contributed by atoms with van der Waals surface area (Å²) in [5.41, 5.74) is 0. The zero-order chi connectivity index (χ0) is 7.11. The Kier molecular flexibility index (Phi) is 4.88. The van der Waals surface area contributed by atoms with E-state index < -0.39 is 0 Å². The summed E-state index contributed by atoms with van der Waals surface area (Å²) in [6, 6.07) is 0. The molecule has 0 amide bonds. The van der Waals surface area contributed by atoms with E-state index in [2.05, 4.69) is 23.4 Å². The Morgan fingerprint density at radius 2 is 2.33 bits per heavy atom. The van der Waals surface area contributed by atoms with Crippen molar-refractivity contribution < 1.29 is 0 Å². The molecule has 0 aromatic carbocycles. The molecule has 0 spiro atoms. The van der Waals surface area contributed by atoms with Gasteiger partial charge in [-0.05, 0) is 6.92 Å². The van der Waals surface area contributed by atoms with Gasteiger partial charge in [0.05, 0.1) is 6.34 Å². The fraction of sp³-hybridized carbons (Fsp3) is 0.571. The quantitative estimate of drug-likeness (QED) is 0.313. The van der Waals surface area contributed by atoms with Gasteiger partial charge < -0.3 is 4.90 Å². The Hall–Kier alpha value is -0.790. The third-order valence-electron chi connectivity index (χ3n) is 1.05. The molecule has 0 heterocycles. The summed E-state index contributed by atoms with van der Waals surface area (Å²) in [7, 11) is 1.77. The lowest BCUT2D eigenvalue weighted by Crippen LogP contribution is -2.20. The summed E-state index contributed by atoms with van der Waals surface area (Å²) in [5, 5.41) is 0. The van der Waals surface area contributed by atoms with Crippen LogP contribution in [0.25, 0.3) is 0 Å². The molecule has 0 aliphatic rings. The minimum Gasteiger partial charge on any atom is -0.360 e. The van der Waals surface area contributed by atoms with Gasteiger partial charge in [0.15, 0.2) is 0 Å². The molecule has 0 radical (unpaired) electrons. The molecule has 0 saturated carbocycles. The topological polar surface area (TPSA) is 15.6 Å². The Morgan fingerprint density at radius 1 is 1.67 bits per heavy atom. The van der Waals surface area contributed by atoms with Crippen LogP contribution in [0.1, 0.15) is 6.92 Å². The molecule has 0 saturated heterocycles. The van der Waals surface area contributed by atoms with Crippen LogP contribution in [0.5, 0.6) is 0 Å². The molecule has 9 heavy (non-hydrogen) atoms. The second-order valence-electron chi connectivity index (χ2n) is 1.75. The van der Waals surface area contributed by atoms with Crippen LogP contribution >= 0.6 is 0 Å². The molecular formula is C7H14N2. The molecular weight excluding hydrogens is 112 g/mol. The van der Waals surface area contributed by atoms with E-state index in [0.717, 1.165) is 13.1 Å². The molecule has 0 atom stereocenters. The van der Waals surface area contributed by atoms with E-state index in [1.165, 1.54) is 0 Å². The van der Waals surface area contributed by atoms with Gasteiger partial charge in [-0.2, -0.15) is 0 Å². The van der Waals surface area contributed by atoms with Gasteiger partial charge in [0.2, 0.25) is 0 Å². The normalized spacial score (nSPS) is 10.0. The van der Waals surface area contributed by atoms with Crippen LogP contribution in [0.4, 0.5) is 0 Å². The molecule has 0 aromatic rings. The van der Waals surface area contributed by atoms with Gasteiger partial charge in [-0.15, -0.1) is 6.58 Å². The molecule has 2 heteroatoms. The second-order valence-corrected chi connectivity index (χ2v) is 1.75. The van der Waals surface area contributed by atoms with Crippen molar-refractivity contribution in [1.82, 2.24) is 4.90 Å². The number of aliphatic imine (C=N–C) groups is 1. The number of hydrogen-bond acceptors (Lipinski definition) is 1. The maximum Gasteiger partial charge on any atom is 0.0849 e. The van der Waals surface area contributed by atoms with Gasteiger partial charge in [-0.3, -0.25) is 4.99 Å². The average Bonchev–Trinajstić information content (AvgIpc) is 1.88. The molecule has 52 valence electrons. The average molecular weight is 126 g/mol. The van der Waals surface area contributed by atoms with E-state index in [1.54, 1.807) is 7.05 Å². The molecule has 0 aliphatic carbocycles. The monoisotopic (exact) mass is 126 g/mol. The van der Waals surface area contributed by atoms with E-state index in [-0.39, 0.29) is 0 Å². The predicted octanol–water partition coefficient (Wildman–Crippen LogP) is 1.15. The highest BCUT2D eigenvalue weighted by atomic mass is 15.1. The van der Waals surface area contributed by atoms with E-state index in [0.29, 0.717) is 0 Å². The van der Waals surface area contributed by atoms with E-state index in [4.69, 9.17) is 0 Å². The van der Waals surface area contributed by atoms with Crippen LogP contribution in [0.15, 0.2) is 17.6 Å². The van der Waals surface area contributed by atoms with Crippen LogP contribution in [-0.4, -0.2) is 31.4 Å². The number of rotatable bonds is 4. The summed E-state index contributed by atoms with van der Waals surface area (Å²) in [4.78, 5) is 5.96. The molecule has 0 N–H and O–H groups in total. The van der Waals surface area contributed by atoms with Crippen molar-refractivity contribution in [2.24, 2.45) is 4.99 Å². The summed E-state index contributed by atoms with van der Waals surface area (Å²) < 4.78 is 0. The second kappa shape index (κ2) is 5.35. The first-order valence-corrected chi connectivity index (χ1v) is 3.12. The van der Waals surface area contributed by atoms with E-state index in [9.17, 15) is 0 Å². The number of likely N-dealkylation sites (N-methyl/N-ethyl adjacent to an activating group) is 1. The lowest BCUT2D eigenvalue weighted by molar-refractivity contribution is 0.503. The highest BCUT2D eigenvalue weighted by Gasteiger charge is 1.88. The molecule has 2 nitrogen and oxygen atoms in total. The Bertz CT molecular complexity index is 97.1. The molecule has 0 aliphatic heterocycles. The van der Waals surface area contributed by atoms with Crippen molar-refractivity contribution in [2.75, 3.05) is 20.1 Å². The van der Waals surface area contributed by atoms with Crippen molar-refractivity contribution >= 4 is 6.34 Å². The maximum absolute atomic E-state index is 3.88. The van der Waals surface area contributed by atoms with Crippen LogP contribution in [0.2, 0.25) is 0 Å². The largest absolute Gasteiger partial charge is 0.360 e. The van der Waals surface area contributed by atoms with Crippen LogP contribution < -0.4 is 0 Å². The van der Waals surface area contributed by atoms with Gasteiger partial charge >= 0.3 is 0 Å². The Labute approximate surface area is 56.9 Å². The van der Waals surface area contributed by atoms with Gasteiger partial charge in [-0.25, -0.2) is 0 Å². The van der Waals surface area contributed by atoms with Gasteiger partial charge in [0.25, 0.3) is 0 Å². The fourth-order valence-corrected chi connectivity index (χ4v) is 0.587. The van der Waals surface area contributed by atoms with Crippen molar-refractivity contribution in [3.05, 3.63) is 12.7 Å². The standard InChI is InChI=1S/C7H14N2/c1-4-6-9(5-2)7-8-3/h4,7H,1,5-6H2,2-3H3/b8-7+. The summed E-state index contributed by atoms with van der Waals surface area (Å²) in [6.07, 6.45) is 3.69. The highest BCUT2D eigenvalue weighted by Crippen LogP contribution is 1.81. The van der Waals surface area contributed by atoms with E-state index in [1.807, 2.05) is 12.4 Å². The predicted molar refractivity (Wildman–Crippen MR) is 41.9 cm³/mol. The zero-order valence-corrected chi connectivity index (χ0v) is 6.17. The molecule has 0 fully saturated rings. The minimum absolute atomic E-state index is 0.883. The fourth-order valence-electron chi connectivity index (χ4n) is 0.587. The van der Waals surface area contributed by atoms with Gasteiger partial charge in [0.1, 0.15) is 0 Å². The molecule has 0 unspecified atom stereocenters. The van der Waals surface area contributed by atoms with Crippen LogP contribution in [0.3, 0.4) is 0 Å². The first kappa shape index (κ1) is 8.21. The van der Waals surface area contributed by atoms with Crippen LogP contribution in [-0.2, 0) is 0 Å². The van der Waals surface area contributed by atoms with Crippen molar-refractivity contribution in [2.45, 2.75) is 6.92 Å². The Morgan fingerprint density at radius 3 is 2.67 bits per heavy atom. The SMILES string of the molecule is C=CCN(/C=N/C)CC. The Balaban J connectivity index is 3.53. The third kappa shape index (κ3) is 3.76. The lowest BCUT2D eigenvalue weighted by Gasteiger charge is -2.12. The van der Waals surface area contributed by atoms with Crippen molar-refractivity contribution in [3.8, 4) is 0 Å². The summed E-state index contributed by atoms with van der Waals surface area (Å²) in [5.74, 6) is 0. The lowest BCUT2D eigenvalue weighted by atomic mass is 10.5.